The number of carbonyl (C=O) groups is 11. The van der Waals surface area contributed by atoms with Crippen molar-refractivity contribution in [3.05, 3.63) is 12.4 Å². The molecule has 3 saturated heterocycles. The average molecular weight is 1400 g/mol. The lowest BCUT2D eigenvalue weighted by atomic mass is 9.91. The van der Waals surface area contributed by atoms with Crippen molar-refractivity contribution < 1.29 is 67.3 Å². The summed E-state index contributed by atoms with van der Waals surface area (Å²) in [6.07, 6.45) is 4.40. The normalized spacial score (nSPS) is 28.0. The van der Waals surface area contributed by atoms with Gasteiger partial charge in [-0.05, 0) is 122 Å². The van der Waals surface area contributed by atoms with Crippen molar-refractivity contribution in [3.63, 3.8) is 0 Å². The Morgan fingerprint density at radius 3 is 1.66 bits per heavy atom. The number of aromatic nitrogens is 3. The molecule has 1 aromatic heterocycles. The maximum absolute atomic E-state index is 15.6. The molecule has 5 N–H and O–H groups in total. The number of aliphatic hydroxyl groups is 1. The molecule has 0 radical (unpaired) electrons. The molecule has 0 aromatic carbocycles. The fraction of sp³-hybridized carbons (Fsp3) is 0.814. The minimum atomic E-state index is -1.73. The van der Waals surface area contributed by atoms with Crippen molar-refractivity contribution >= 4 is 65.0 Å². The molecule has 3 aliphatic rings. The Morgan fingerprint density at radius 1 is 0.535 bits per heavy atom. The number of morpholine rings is 1. The second-order valence-corrected chi connectivity index (χ2v) is 29.4. The summed E-state index contributed by atoms with van der Waals surface area (Å²) in [5.41, 5.74) is 0. The smallest absolute Gasteiger partial charge is 0.246 e. The topological polar surface area (TPSA) is 331 Å². The van der Waals surface area contributed by atoms with Gasteiger partial charge in [0.05, 0.1) is 44.4 Å². The molecule has 0 spiro atoms. The number of unbranched alkanes of at least 4 members (excludes halogenated alkanes) is 3. The van der Waals surface area contributed by atoms with Gasteiger partial charge in [-0.3, -0.25) is 57.6 Å². The Labute approximate surface area is 588 Å². The number of hydrogen-bond donors (Lipinski definition) is 5. The lowest BCUT2D eigenvalue weighted by Crippen LogP contribution is -2.65. The summed E-state index contributed by atoms with van der Waals surface area (Å²) in [6, 6.07) is -15.8. The highest BCUT2D eigenvalue weighted by molar-refractivity contribution is 6.00. The summed E-state index contributed by atoms with van der Waals surface area (Å²) in [7, 11) is 8.51. The monoisotopic (exact) mass is 1400 g/mol. The van der Waals surface area contributed by atoms with Crippen LogP contribution < -0.4 is 21.3 Å². The molecule has 4 rings (SSSR count). The first kappa shape index (κ1) is 84.6. The molecule has 29 heteroatoms. The van der Waals surface area contributed by atoms with E-state index in [4.69, 9.17) is 9.47 Å². The van der Waals surface area contributed by atoms with Crippen molar-refractivity contribution in [2.45, 2.75) is 259 Å². The van der Waals surface area contributed by atoms with Crippen LogP contribution in [0.2, 0.25) is 0 Å². The van der Waals surface area contributed by atoms with Crippen molar-refractivity contribution in [3.8, 4) is 0 Å². The maximum atomic E-state index is 15.6. The Morgan fingerprint density at radius 2 is 1.08 bits per heavy atom. The van der Waals surface area contributed by atoms with Crippen LogP contribution in [0.4, 0.5) is 0 Å². The van der Waals surface area contributed by atoms with Crippen molar-refractivity contribution in [2.24, 2.45) is 29.6 Å². The van der Waals surface area contributed by atoms with Gasteiger partial charge in [0, 0.05) is 68.0 Å². The van der Waals surface area contributed by atoms with E-state index < -0.39 is 167 Å². The van der Waals surface area contributed by atoms with E-state index in [0.29, 0.717) is 51.9 Å². The Balaban J connectivity index is 1.94. The first-order valence-electron chi connectivity index (χ1n) is 36.0. The predicted molar refractivity (Wildman–Crippen MR) is 373 cm³/mol. The van der Waals surface area contributed by atoms with Gasteiger partial charge >= 0.3 is 0 Å². The molecule has 0 saturated carbocycles. The number of hydrogen-bond acceptors (Lipinski definition) is 17. The van der Waals surface area contributed by atoms with E-state index in [1.807, 2.05) is 27.7 Å². The van der Waals surface area contributed by atoms with Gasteiger partial charge in [0.2, 0.25) is 65.0 Å². The number of likely N-dealkylation sites (N-methyl/N-ethyl adjacent to an activating group) is 6. The molecular formula is C70H123N15O14. The molecule has 562 valence electrons. The van der Waals surface area contributed by atoms with Crippen molar-refractivity contribution in [2.75, 3.05) is 81.7 Å². The molecule has 15 atom stereocenters. The Kier molecular flexibility index (Phi) is 33.6. The van der Waals surface area contributed by atoms with Crippen molar-refractivity contribution in [1.29, 1.82) is 0 Å². The van der Waals surface area contributed by atoms with Gasteiger partial charge in [0.1, 0.15) is 66.5 Å². The third-order valence-corrected chi connectivity index (χ3v) is 20.0. The summed E-state index contributed by atoms with van der Waals surface area (Å²) in [4.78, 5) is 179. The van der Waals surface area contributed by atoms with Gasteiger partial charge in [0.25, 0.3) is 0 Å². The SMILES string of the molecule is CC[C@@H]1NC(=O)[C@H]([C@H](O)[C@H](C)CCCCCn2nccn2)NC(=O)[C@H](C(C)C)N(C)C(=O)[C@@H]2CC(C)N(C(=O)[C@H](C)NC(=O)[C@H](CC(C)C)N(C)C(=O)[C@H](C(C)C)NC(=O)[C@H]([C@@H](C)OCCCCN3CCOCC3)N(C)C(=O)[C@@H](C)N(C)C1=O)[C@H](C)C(=O)N(C)[C@@H](CC(C)C)C(=O)N2C. The first-order valence-corrected chi connectivity index (χ1v) is 36.0. The number of rotatable bonds is 22. The highest BCUT2D eigenvalue weighted by atomic mass is 16.5. The molecule has 29 nitrogen and oxygen atoms in total. The Hall–Kier alpha value is -6.85. The zero-order chi connectivity index (χ0) is 74.6. The van der Waals surface area contributed by atoms with Crippen molar-refractivity contribution in [1.82, 2.24) is 75.5 Å². The lowest BCUT2D eigenvalue weighted by molar-refractivity contribution is -0.159. The average Bonchev–Trinajstić information content (AvgIpc) is 1.05. The molecule has 2 bridgehead atoms. The number of carbonyl (C=O) groups excluding carboxylic acids is 11. The molecule has 3 fully saturated rings. The van der Waals surface area contributed by atoms with Crippen LogP contribution in [0.3, 0.4) is 0 Å². The van der Waals surface area contributed by atoms with Crippen LogP contribution in [0.15, 0.2) is 12.4 Å². The molecule has 4 heterocycles. The number of nitrogens with one attached hydrogen (secondary N) is 4. The van der Waals surface area contributed by atoms with Crippen LogP contribution in [0.5, 0.6) is 0 Å². The van der Waals surface area contributed by atoms with Gasteiger partial charge in [-0.1, -0.05) is 82.1 Å². The van der Waals surface area contributed by atoms with Gasteiger partial charge in [-0.15, -0.1) is 0 Å². The van der Waals surface area contributed by atoms with Crippen LogP contribution in [-0.4, -0.2) is 291 Å². The molecule has 1 unspecified atom stereocenters. The van der Waals surface area contributed by atoms with E-state index in [-0.39, 0.29) is 44.1 Å². The van der Waals surface area contributed by atoms with E-state index in [1.165, 1.54) is 92.5 Å². The van der Waals surface area contributed by atoms with Gasteiger partial charge in [0.15, 0.2) is 0 Å². The molecule has 0 aliphatic carbocycles. The zero-order valence-corrected chi connectivity index (χ0v) is 63.3. The second-order valence-electron chi connectivity index (χ2n) is 29.4. The number of nitrogens with zero attached hydrogens (tertiary/aromatic N) is 11. The molecular weight excluding hydrogens is 1270 g/mol. The van der Waals surface area contributed by atoms with Crippen LogP contribution in [0, 0.1) is 29.6 Å². The molecule has 11 amide bonds. The third kappa shape index (κ3) is 22.8. The standard InChI is InChI=1S/C70H123N15O14/c1-22-51-67(94)77(16)48(13)65(92)82(21)58(50(15)99-35-27-26-31-83-33-36-98-37-34-83)63(90)75-55(43(6)7)70(97)78(17)52(38-41(2)3)60(87)73-47(12)64(91)85-46(11)40-54(80(19)68(95)53(39-42(4)5)79(18)66(93)49(85)14)69(96)81(20)57(44(8)9)62(89)76-56(61(88)74-51)59(86)45(10)28-24-23-25-32-84-71-29-30-72-84/h29-30,41-59,86H,22-28,31-40H2,1-21H3,(H,73,87)(H,74,88)(H,75,90)(H,76,89)/t45-,46?,47+,48-,49-,50-,51+,52+,53+,54+,55+,56+,57+,58+,59-/m1/s1. The zero-order valence-electron chi connectivity index (χ0n) is 63.3. The highest BCUT2D eigenvalue weighted by Gasteiger charge is 2.48. The summed E-state index contributed by atoms with van der Waals surface area (Å²) in [5, 5.41) is 32.0. The largest absolute Gasteiger partial charge is 0.390 e. The fourth-order valence-electron chi connectivity index (χ4n) is 13.6. The minimum absolute atomic E-state index is 0.0239. The summed E-state index contributed by atoms with van der Waals surface area (Å²) >= 11 is 0. The van der Waals surface area contributed by atoms with Crippen LogP contribution in [0.1, 0.15) is 168 Å². The van der Waals surface area contributed by atoms with Crippen LogP contribution in [0.25, 0.3) is 0 Å². The van der Waals surface area contributed by atoms with E-state index in [9.17, 15) is 24.3 Å². The van der Waals surface area contributed by atoms with E-state index in [1.54, 1.807) is 72.6 Å². The molecule has 1 aromatic rings. The molecule has 3 aliphatic heterocycles. The predicted octanol–water partition coefficient (Wildman–Crippen LogP) is 2.13. The summed E-state index contributed by atoms with van der Waals surface area (Å²) in [6.45, 7) is 29.8. The Bertz CT molecular complexity index is 2840. The summed E-state index contributed by atoms with van der Waals surface area (Å²) < 4.78 is 11.9. The van der Waals surface area contributed by atoms with E-state index >= 15 is 33.6 Å². The van der Waals surface area contributed by atoms with E-state index in [0.717, 1.165) is 31.0 Å². The van der Waals surface area contributed by atoms with Gasteiger partial charge in [-0.25, -0.2) is 0 Å². The van der Waals surface area contributed by atoms with Gasteiger partial charge in [-0.2, -0.15) is 15.0 Å². The first-order chi connectivity index (χ1) is 46.4. The number of aryl methyl sites for hydroxylation is 1. The number of amides is 11. The number of aliphatic hydroxyl groups excluding tert-OH is 1. The van der Waals surface area contributed by atoms with E-state index in [2.05, 4.69) is 36.4 Å². The number of ether oxygens (including phenoxy) is 2. The minimum Gasteiger partial charge on any atom is -0.390 e. The number of fused-ring (bicyclic) bond motifs is 3. The van der Waals surface area contributed by atoms with Gasteiger partial charge < -0.3 is 70.1 Å². The van der Waals surface area contributed by atoms with Crippen LogP contribution >= 0.6 is 0 Å². The summed E-state index contributed by atoms with van der Waals surface area (Å²) in [5.74, 6) is -10.2. The molecule has 99 heavy (non-hydrogen) atoms. The highest BCUT2D eigenvalue weighted by Crippen LogP contribution is 2.28. The lowest BCUT2D eigenvalue weighted by Gasteiger charge is -2.45. The second kappa shape index (κ2) is 39.4. The quantitative estimate of drug-likeness (QED) is 0.104. The maximum Gasteiger partial charge on any atom is 0.246 e. The fourth-order valence-corrected chi connectivity index (χ4v) is 13.6. The third-order valence-electron chi connectivity index (χ3n) is 20.0. The van der Waals surface area contributed by atoms with Crippen LogP contribution in [-0.2, 0) is 68.8 Å².